The van der Waals surface area contributed by atoms with Gasteiger partial charge in [-0.25, -0.2) is 4.79 Å². The maximum absolute atomic E-state index is 11.6. The molecule has 0 aromatic heterocycles. The van der Waals surface area contributed by atoms with Gasteiger partial charge in [0.15, 0.2) is 0 Å². The van der Waals surface area contributed by atoms with Gasteiger partial charge in [0.2, 0.25) is 0 Å². The minimum Gasteiger partial charge on any atom is -0.444 e. The second-order valence-electron chi connectivity index (χ2n) is 5.43. The molecule has 0 aromatic carbocycles. The third-order valence-corrected chi connectivity index (χ3v) is 3.20. The predicted molar refractivity (Wildman–Crippen MR) is 72.6 cm³/mol. The number of carbonyl (C=O) groups is 1. The second kappa shape index (κ2) is 6.50. The summed E-state index contributed by atoms with van der Waals surface area (Å²) in [7, 11) is 0. The molecule has 1 atom stereocenters. The fraction of sp³-hybridized carbons (Fsp3) is 0.917. The summed E-state index contributed by atoms with van der Waals surface area (Å²) in [6, 6.07) is 0.242. The molecule has 1 amide bonds. The fourth-order valence-electron chi connectivity index (χ4n) is 1.85. The van der Waals surface area contributed by atoms with Crippen molar-refractivity contribution in [3.8, 4) is 0 Å². The SMILES string of the molecule is CSCCN1CCC(NC(=O)OC(C)(C)C)C1. The van der Waals surface area contributed by atoms with Crippen molar-refractivity contribution in [2.24, 2.45) is 0 Å². The number of alkyl carbamates (subject to hydrolysis) is 1. The standard InChI is InChI=1S/C12H24N2O2S/c1-12(2,3)16-11(15)13-10-5-6-14(9-10)7-8-17-4/h10H,5-9H2,1-4H3,(H,13,15). The molecule has 1 fully saturated rings. The van der Waals surface area contributed by atoms with E-state index in [0.717, 1.165) is 31.8 Å². The summed E-state index contributed by atoms with van der Waals surface area (Å²) in [5.41, 5.74) is -0.415. The fourth-order valence-corrected chi connectivity index (χ4v) is 2.29. The summed E-state index contributed by atoms with van der Waals surface area (Å²) in [6.45, 7) is 8.76. The topological polar surface area (TPSA) is 41.6 Å². The Bertz CT molecular complexity index is 253. The number of thioether (sulfide) groups is 1. The van der Waals surface area contributed by atoms with E-state index in [-0.39, 0.29) is 12.1 Å². The molecule has 17 heavy (non-hydrogen) atoms. The first kappa shape index (κ1) is 14.6. The Morgan fingerprint density at radius 3 is 2.82 bits per heavy atom. The van der Waals surface area contributed by atoms with Crippen molar-refractivity contribution < 1.29 is 9.53 Å². The van der Waals surface area contributed by atoms with E-state index < -0.39 is 5.60 Å². The van der Waals surface area contributed by atoms with Crippen molar-refractivity contribution in [3.63, 3.8) is 0 Å². The van der Waals surface area contributed by atoms with Crippen LogP contribution in [0.2, 0.25) is 0 Å². The predicted octanol–water partition coefficient (Wildman–Crippen LogP) is 1.95. The van der Waals surface area contributed by atoms with Gasteiger partial charge in [0.25, 0.3) is 0 Å². The van der Waals surface area contributed by atoms with Crippen molar-refractivity contribution >= 4 is 17.9 Å². The van der Waals surface area contributed by atoms with Crippen molar-refractivity contribution in [2.75, 3.05) is 31.6 Å². The Hall–Kier alpha value is -0.420. The Morgan fingerprint density at radius 1 is 1.53 bits per heavy atom. The van der Waals surface area contributed by atoms with Crippen LogP contribution in [0.1, 0.15) is 27.2 Å². The molecular formula is C12H24N2O2S. The molecular weight excluding hydrogens is 236 g/mol. The first-order chi connectivity index (χ1) is 7.90. The largest absolute Gasteiger partial charge is 0.444 e. The molecule has 1 saturated heterocycles. The molecule has 100 valence electrons. The van der Waals surface area contributed by atoms with Gasteiger partial charge in [-0.2, -0.15) is 11.8 Å². The number of ether oxygens (including phenoxy) is 1. The van der Waals surface area contributed by atoms with Crippen molar-refractivity contribution in [1.29, 1.82) is 0 Å². The average molecular weight is 260 g/mol. The molecule has 1 aliphatic rings. The van der Waals surface area contributed by atoms with E-state index in [1.54, 1.807) is 0 Å². The van der Waals surface area contributed by atoms with Crippen LogP contribution >= 0.6 is 11.8 Å². The summed E-state index contributed by atoms with van der Waals surface area (Å²) in [6.07, 6.45) is 2.84. The lowest BCUT2D eigenvalue weighted by Gasteiger charge is -2.22. The number of hydrogen-bond acceptors (Lipinski definition) is 4. The van der Waals surface area contributed by atoms with E-state index >= 15 is 0 Å². The number of rotatable bonds is 4. The number of likely N-dealkylation sites (tertiary alicyclic amines) is 1. The van der Waals surface area contributed by atoms with Crippen LogP contribution in [0.4, 0.5) is 4.79 Å². The van der Waals surface area contributed by atoms with Crippen molar-refractivity contribution in [2.45, 2.75) is 38.8 Å². The molecule has 0 aliphatic carbocycles. The van der Waals surface area contributed by atoms with Gasteiger partial charge in [0, 0.05) is 31.4 Å². The highest BCUT2D eigenvalue weighted by molar-refractivity contribution is 7.98. The van der Waals surface area contributed by atoms with E-state index in [0.29, 0.717) is 0 Å². The number of nitrogens with one attached hydrogen (secondary N) is 1. The first-order valence-electron chi connectivity index (χ1n) is 6.11. The highest BCUT2D eigenvalue weighted by Gasteiger charge is 2.25. The molecule has 5 heteroatoms. The maximum atomic E-state index is 11.6. The Labute approximate surface area is 108 Å². The first-order valence-corrected chi connectivity index (χ1v) is 7.51. The van der Waals surface area contributed by atoms with Gasteiger partial charge in [-0.15, -0.1) is 0 Å². The van der Waals surface area contributed by atoms with Gasteiger partial charge in [-0.05, 0) is 33.4 Å². The van der Waals surface area contributed by atoms with E-state index in [4.69, 9.17) is 4.74 Å². The van der Waals surface area contributed by atoms with Gasteiger partial charge < -0.3 is 15.0 Å². The highest BCUT2D eigenvalue weighted by Crippen LogP contribution is 2.12. The summed E-state index contributed by atoms with van der Waals surface area (Å²) in [4.78, 5) is 14.0. The van der Waals surface area contributed by atoms with E-state index in [2.05, 4.69) is 16.5 Å². The third-order valence-electron chi connectivity index (χ3n) is 2.60. The van der Waals surface area contributed by atoms with Gasteiger partial charge in [-0.3, -0.25) is 0 Å². The molecule has 0 aromatic rings. The lowest BCUT2D eigenvalue weighted by molar-refractivity contribution is 0.0506. The number of nitrogens with zero attached hydrogens (tertiary/aromatic N) is 1. The Balaban J connectivity index is 2.23. The van der Waals surface area contributed by atoms with Crippen LogP contribution in [-0.4, -0.2) is 54.3 Å². The van der Waals surface area contributed by atoms with Crippen LogP contribution < -0.4 is 5.32 Å². The number of hydrogen-bond donors (Lipinski definition) is 1. The third kappa shape index (κ3) is 6.17. The van der Waals surface area contributed by atoms with E-state index in [9.17, 15) is 4.79 Å². The van der Waals surface area contributed by atoms with E-state index in [1.165, 1.54) is 0 Å². The molecule has 1 N–H and O–H groups in total. The quantitative estimate of drug-likeness (QED) is 0.839. The van der Waals surface area contributed by atoms with Gasteiger partial charge >= 0.3 is 6.09 Å². The summed E-state index contributed by atoms with van der Waals surface area (Å²) in [5.74, 6) is 1.15. The van der Waals surface area contributed by atoms with Gasteiger partial charge in [0.05, 0.1) is 0 Å². The summed E-state index contributed by atoms with van der Waals surface area (Å²) >= 11 is 1.86. The number of carbonyl (C=O) groups excluding carboxylic acids is 1. The molecule has 4 nitrogen and oxygen atoms in total. The zero-order chi connectivity index (χ0) is 12.9. The molecule has 1 heterocycles. The zero-order valence-corrected chi connectivity index (χ0v) is 12.1. The molecule has 0 saturated carbocycles. The molecule has 0 radical (unpaired) electrons. The van der Waals surface area contributed by atoms with Crippen molar-refractivity contribution in [3.05, 3.63) is 0 Å². The van der Waals surface area contributed by atoms with Gasteiger partial charge in [-0.1, -0.05) is 0 Å². The van der Waals surface area contributed by atoms with E-state index in [1.807, 2.05) is 32.5 Å². The molecule has 0 bridgehead atoms. The van der Waals surface area contributed by atoms with Crippen LogP contribution in [0.3, 0.4) is 0 Å². The van der Waals surface area contributed by atoms with Crippen LogP contribution in [0.25, 0.3) is 0 Å². The molecule has 1 rings (SSSR count). The molecule has 1 unspecified atom stereocenters. The van der Waals surface area contributed by atoms with Crippen molar-refractivity contribution in [1.82, 2.24) is 10.2 Å². The van der Waals surface area contributed by atoms with Crippen LogP contribution in [-0.2, 0) is 4.74 Å². The smallest absolute Gasteiger partial charge is 0.407 e. The molecule has 1 aliphatic heterocycles. The van der Waals surface area contributed by atoms with Crippen LogP contribution in [0.5, 0.6) is 0 Å². The van der Waals surface area contributed by atoms with Gasteiger partial charge in [0.1, 0.15) is 5.60 Å². The maximum Gasteiger partial charge on any atom is 0.407 e. The Kier molecular flexibility index (Phi) is 5.59. The normalized spacial score (nSPS) is 21.5. The lowest BCUT2D eigenvalue weighted by atomic mass is 10.2. The average Bonchev–Trinajstić information content (AvgIpc) is 2.59. The van der Waals surface area contributed by atoms with Crippen LogP contribution in [0.15, 0.2) is 0 Å². The highest BCUT2D eigenvalue weighted by atomic mass is 32.2. The lowest BCUT2D eigenvalue weighted by Crippen LogP contribution is -2.40. The minimum absolute atomic E-state index is 0.242. The number of amides is 1. The van der Waals surface area contributed by atoms with Crippen LogP contribution in [0, 0.1) is 0 Å². The second-order valence-corrected chi connectivity index (χ2v) is 6.41. The summed E-state index contributed by atoms with van der Waals surface area (Å²) in [5, 5.41) is 2.93. The summed E-state index contributed by atoms with van der Waals surface area (Å²) < 4.78 is 5.24. The zero-order valence-electron chi connectivity index (χ0n) is 11.3. The monoisotopic (exact) mass is 260 g/mol. The minimum atomic E-state index is -0.415. The Morgan fingerprint density at radius 2 is 2.24 bits per heavy atom. The molecule has 0 spiro atoms.